The fourth-order valence-corrected chi connectivity index (χ4v) is 9.15. The van der Waals surface area contributed by atoms with Crippen molar-refractivity contribution >= 4 is 0 Å². The van der Waals surface area contributed by atoms with Gasteiger partial charge in [-0.15, -0.1) is 0 Å². The van der Waals surface area contributed by atoms with Gasteiger partial charge in [-0.3, -0.25) is 0 Å². The van der Waals surface area contributed by atoms with Crippen LogP contribution in [0.4, 0.5) is 0 Å². The fraction of sp³-hybridized carbons (Fsp3) is 0.946. The van der Waals surface area contributed by atoms with Crippen molar-refractivity contribution in [2.24, 2.45) is 47.3 Å². The van der Waals surface area contributed by atoms with Crippen molar-refractivity contribution in [3.63, 3.8) is 0 Å². The molecule has 0 unspecified atom stereocenters. The van der Waals surface area contributed by atoms with E-state index in [1.807, 2.05) is 0 Å². The van der Waals surface area contributed by atoms with Crippen LogP contribution in [0, 0.1) is 59.2 Å². The Bertz CT molecular complexity index is 633. The summed E-state index contributed by atoms with van der Waals surface area (Å²) in [6, 6.07) is 0. The van der Waals surface area contributed by atoms with Crippen molar-refractivity contribution in [2.45, 2.75) is 174 Å². The lowest BCUT2D eigenvalue weighted by Crippen LogP contribution is -2.29. The molecule has 0 heteroatoms. The molecule has 0 saturated heterocycles. The van der Waals surface area contributed by atoms with Gasteiger partial charge in [0.1, 0.15) is 0 Å². The van der Waals surface area contributed by atoms with Crippen LogP contribution in [0.5, 0.6) is 0 Å². The zero-order chi connectivity index (χ0) is 25.7. The average Bonchev–Trinajstić information content (AvgIpc) is 2.96. The van der Waals surface area contributed by atoms with Crippen molar-refractivity contribution in [2.75, 3.05) is 0 Å². The van der Waals surface area contributed by atoms with Gasteiger partial charge in [0.05, 0.1) is 0 Å². The Hall–Kier alpha value is -0.440. The van der Waals surface area contributed by atoms with Crippen LogP contribution in [0.15, 0.2) is 0 Å². The molecule has 0 N–H and O–H groups in total. The summed E-state index contributed by atoms with van der Waals surface area (Å²) in [6.07, 6.45) is 37.1. The number of hydrogen-bond acceptors (Lipinski definition) is 0. The van der Waals surface area contributed by atoms with Gasteiger partial charge in [0.15, 0.2) is 0 Å². The highest BCUT2D eigenvalue weighted by Crippen LogP contribution is 2.46. The molecular weight excluding hydrogens is 444 g/mol. The molecule has 0 spiro atoms. The lowest BCUT2D eigenvalue weighted by atomic mass is 9.65. The van der Waals surface area contributed by atoms with Gasteiger partial charge in [0.25, 0.3) is 0 Å². The van der Waals surface area contributed by atoms with E-state index in [2.05, 4.69) is 25.7 Å². The molecule has 0 heterocycles. The third-order valence-corrected chi connectivity index (χ3v) is 11.8. The quantitative estimate of drug-likeness (QED) is 0.192. The molecule has 0 aromatic heterocycles. The van der Waals surface area contributed by atoms with Crippen molar-refractivity contribution < 1.29 is 0 Å². The van der Waals surface area contributed by atoms with Crippen LogP contribution in [0.3, 0.4) is 0 Å². The molecule has 4 saturated carbocycles. The number of hydrogen-bond donors (Lipinski definition) is 0. The van der Waals surface area contributed by atoms with Gasteiger partial charge in [-0.05, 0) is 125 Å². The molecule has 0 atom stereocenters. The van der Waals surface area contributed by atoms with Crippen LogP contribution in [-0.4, -0.2) is 0 Å². The second-order valence-corrected chi connectivity index (χ2v) is 14.4. The lowest BCUT2D eigenvalue weighted by molar-refractivity contribution is 0.107. The Labute approximate surface area is 233 Å². The Morgan fingerprint density at radius 2 is 0.703 bits per heavy atom. The molecule has 4 fully saturated rings. The van der Waals surface area contributed by atoms with E-state index in [9.17, 15) is 0 Å². The van der Waals surface area contributed by atoms with Crippen molar-refractivity contribution in [1.82, 2.24) is 0 Å². The third kappa shape index (κ3) is 9.91. The first-order valence-corrected chi connectivity index (χ1v) is 17.8. The first-order valence-electron chi connectivity index (χ1n) is 17.8. The zero-order valence-electron chi connectivity index (χ0n) is 25.3. The van der Waals surface area contributed by atoms with Crippen LogP contribution in [0.25, 0.3) is 0 Å². The van der Waals surface area contributed by atoms with E-state index in [-0.39, 0.29) is 0 Å². The van der Waals surface area contributed by atoms with E-state index in [1.54, 1.807) is 51.4 Å². The minimum atomic E-state index is 0.728. The highest BCUT2D eigenvalue weighted by Gasteiger charge is 2.34. The second kappa shape index (κ2) is 16.6. The lowest BCUT2D eigenvalue weighted by Gasteiger charge is -2.41. The van der Waals surface area contributed by atoms with E-state index in [1.165, 1.54) is 109 Å². The molecule has 4 aliphatic carbocycles. The number of rotatable bonds is 11. The van der Waals surface area contributed by atoms with Gasteiger partial charge in [-0.25, -0.2) is 0 Å². The molecule has 0 nitrogen and oxygen atoms in total. The summed E-state index contributed by atoms with van der Waals surface area (Å²) in [5.74, 6) is 15.4. The molecule has 4 rings (SSSR count). The first kappa shape index (κ1) is 29.5. The molecule has 212 valence electrons. The molecule has 37 heavy (non-hydrogen) atoms. The van der Waals surface area contributed by atoms with Crippen LogP contribution in [-0.2, 0) is 0 Å². The van der Waals surface area contributed by atoms with Crippen LogP contribution < -0.4 is 0 Å². The normalized spacial score (nSPS) is 37.0. The summed E-state index contributed by atoms with van der Waals surface area (Å²) >= 11 is 0. The van der Waals surface area contributed by atoms with E-state index < -0.39 is 0 Å². The van der Waals surface area contributed by atoms with Gasteiger partial charge in [0.2, 0.25) is 0 Å². The predicted molar refractivity (Wildman–Crippen MR) is 162 cm³/mol. The van der Waals surface area contributed by atoms with Gasteiger partial charge < -0.3 is 0 Å². The molecule has 0 amide bonds. The monoisotopic (exact) mass is 509 g/mol. The first-order chi connectivity index (χ1) is 18.2. The number of unbranched alkanes of at least 4 members (excludes halogenated alkanes) is 5. The summed E-state index contributed by atoms with van der Waals surface area (Å²) in [7, 11) is 0. The van der Waals surface area contributed by atoms with E-state index in [0.29, 0.717) is 0 Å². The Morgan fingerprint density at radius 3 is 1.16 bits per heavy atom. The fourth-order valence-electron chi connectivity index (χ4n) is 9.15. The molecule has 0 aliphatic heterocycles. The third-order valence-electron chi connectivity index (χ3n) is 11.8. The highest BCUT2D eigenvalue weighted by molar-refractivity contribution is 5.09. The van der Waals surface area contributed by atoms with E-state index in [4.69, 9.17) is 0 Å². The van der Waals surface area contributed by atoms with Crippen molar-refractivity contribution in [3.8, 4) is 11.8 Å². The van der Waals surface area contributed by atoms with Gasteiger partial charge in [-0.1, -0.05) is 96.3 Å². The Kier molecular flexibility index (Phi) is 13.3. The summed E-state index contributed by atoms with van der Waals surface area (Å²) in [5, 5.41) is 0. The minimum absolute atomic E-state index is 0.728. The van der Waals surface area contributed by atoms with Crippen LogP contribution in [0.1, 0.15) is 174 Å². The molecule has 0 bridgehead atoms. The average molecular weight is 509 g/mol. The van der Waals surface area contributed by atoms with Gasteiger partial charge in [-0.2, -0.15) is 0 Å². The standard InChI is InChI=1S/C37H64/c1-3-5-7-9-11-31-18-22-34(23-19-31)36-26-28-37(29-27-36)35-24-20-33(21-25-35)17-16-32-14-12-30(13-15-32)10-8-6-4-2/h30-37H,3-15,18-29H2,1-2H3. The summed E-state index contributed by atoms with van der Waals surface area (Å²) < 4.78 is 0. The molecular formula is C37H64. The van der Waals surface area contributed by atoms with Crippen molar-refractivity contribution in [1.29, 1.82) is 0 Å². The van der Waals surface area contributed by atoms with Crippen LogP contribution in [0.2, 0.25) is 0 Å². The van der Waals surface area contributed by atoms with Gasteiger partial charge >= 0.3 is 0 Å². The maximum atomic E-state index is 3.80. The molecule has 0 radical (unpaired) electrons. The molecule has 4 aliphatic rings. The second-order valence-electron chi connectivity index (χ2n) is 14.4. The van der Waals surface area contributed by atoms with Gasteiger partial charge in [0, 0.05) is 11.8 Å². The van der Waals surface area contributed by atoms with E-state index in [0.717, 1.165) is 47.3 Å². The summed E-state index contributed by atoms with van der Waals surface area (Å²) in [4.78, 5) is 0. The Morgan fingerprint density at radius 1 is 0.378 bits per heavy atom. The maximum Gasteiger partial charge on any atom is 0.0203 e. The van der Waals surface area contributed by atoms with E-state index >= 15 is 0 Å². The topological polar surface area (TPSA) is 0 Å². The predicted octanol–water partition coefficient (Wildman–Crippen LogP) is 11.8. The smallest absolute Gasteiger partial charge is 0.0203 e. The largest absolute Gasteiger partial charge is 0.0996 e. The van der Waals surface area contributed by atoms with Crippen LogP contribution >= 0.6 is 0 Å². The zero-order valence-corrected chi connectivity index (χ0v) is 25.3. The Balaban J connectivity index is 1.07. The molecule has 0 aromatic rings. The van der Waals surface area contributed by atoms with Crippen molar-refractivity contribution in [3.05, 3.63) is 0 Å². The molecule has 0 aromatic carbocycles. The minimum Gasteiger partial charge on any atom is -0.0996 e. The highest BCUT2D eigenvalue weighted by atomic mass is 14.4. The maximum absolute atomic E-state index is 3.80. The summed E-state index contributed by atoms with van der Waals surface area (Å²) in [5.41, 5.74) is 0. The summed E-state index contributed by atoms with van der Waals surface area (Å²) in [6.45, 7) is 4.66. The SMILES string of the molecule is CCCCCCC1CCC(C2CCC(C3CCC(C#CC4CCC(CCCCC)CC4)CC3)CC2)CC1.